The van der Waals surface area contributed by atoms with E-state index in [1.807, 2.05) is 13.8 Å². The number of carbonyl (C=O) groups excluding carboxylic acids is 2. The molecule has 1 fully saturated rings. The number of amides is 3. The van der Waals surface area contributed by atoms with E-state index in [1.165, 1.54) is 12.3 Å². The molecule has 0 unspecified atom stereocenters. The summed E-state index contributed by atoms with van der Waals surface area (Å²) in [6, 6.07) is 4.15. The molecular formula is C15H19N3O4. The summed E-state index contributed by atoms with van der Waals surface area (Å²) in [6.45, 7) is 5.79. The van der Waals surface area contributed by atoms with Crippen LogP contribution in [0.25, 0.3) is 0 Å². The quantitative estimate of drug-likeness (QED) is 0.641. The molecule has 0 aliphatic carbocycles. The van der Waals surface area contributed by atoms with Gasteiger partial charge < -0.3 is 15.2 Å². The molecule has 118 valence electrons. The number of hydrogen-bond acceptors (Lipinski definition) is 5. The summed E-state index contributed by atoms with van der Waals surface area (Å²) in [7, 11) is 0. The third kappa shape index (κ3) is 2.88. The molecule has 0 saturated carbocycles. The van der Waals surface area contributed by atoms with E-state index in [0.29, 0.717) is 24.3 Å². The molecule has 1 atom stereocenters. The standard InChI is InChI=1S/C15H19N3O4/c1-4-15(3)13(20)18(14(21)17-15)16-9-10-6-7-11(22-5-2)8-12(10)19/h6-9,19H,4-5H2,1-3H3,(H,17,21)/b16-9+/t15-/m0/s1. The zero-order valence-corrected chi connectivity index (χ0v) is 12.8. The molecule has 0 spiro atoms. The van der Waals surface area contributed by atoms with E-state index in [2.05, 4.69) is 10.4 Å². The molecule has 0 aromatic heterocycles. The van der Waals surface area contributed by atoms with E-state index in [9.17, 15) is 14.7 Å². The lowest BCUT2D eigenvalue weighted by Gasteiger charge is -2.17. The maximum Gasteiger partial charge on any atom is 0.346 e. The van der Waals surface area contributed by atoms with Crippen molar-refractivity contribution in [2.45, 2.75) is 32.7 Å². The molecule has 3 amide bonds. The van der Waals surface area contributed by atoms with Crippen LogP contribution in [0, 0.1) is 0 Å². The number of benzene rings is 1. The van der Waals surface area contributed by atoms with Crippen molar-refractivity contribution >= 4 is 18.2 Å². The molecule has 1 aliphatic rings. The highest BCUT2D eigenvalue weighted by molar-refractivity contribution is 6.07. The predicted octanol–water partition coefficient (Wildman–Crippen LogP) is 1.85. The summed E-state index contributed by atoms with van der Waals surface area (Å²) in [5, 5.41) is 17.2. The average molecular weight is 305 g/mol. The van der Waals surface area contributed by atoms with Crippen LogP contribution in [0.3, 0.4) is 0 Å². The minimum atomic E-state index is -0.935. The van der Waals surface area contributed by atoms with E-state index in [1.54, 1.807) is 19.1 Å². The number of urea groups is 1. The third-order valence-corrected chi connectivity index (χ3v) is 3.57. The Balaban J connectivity index is 2.19. The van der Waals surface area contributed by atoms with Crippen LogP contribution in [0.5, 0.6) is 11.5 Å². The van der Waals surface area contributed by atoms with E-state index in [4.69, 9.17) is 4.74 Å². The van der Waals surface area contributed by atoms with Gasteiger partial charge in [0.25, 0.3) is 5.91 Å². The highest BCUT2D eigenvalue weighted by Gasteiger charge is 2.46. The Morgan fingerprint density at radius 3 is 2.68 bits per heavy atom. The summed E-state index contributed by atoms with van der Waals surface area (Å²) in [4.78, 5) is 24.0. The first-order chi connectivity index (χ1) is 10.4. The molecule has 1 saturated heterocycles. The van der Waals surface area contributed by atoms with Crippen LogP contribution in [0.4, 0.5) is 4.79 Å². The lowest BCUT2D eigenvalue weighted by atomic mass is 10.00. The van der Waals surface area contributed by atoms with Crippen molar-refractivity contribution in [1.29, 1.82) is 0 Å². The number of imide groups is 1. The van der Waals surface area contributed by atoms with Gasteiger partial charge in [-0.3, -0.25) is 4.79 Å². The van der Waals surface area contributed by atoms with Gasteiger partial charge in [0.05, 0.1) is 12.8 Å². The molecule has 0 radical (unpaired) electrons. The molecule has 1 heterocycles. The van der Waals surface area contributed by atoms with Crippen LogP contribution < -0.4 is 10.1 Å². The summed E-state index contributed by atoms with van der Waals surface area (Å²) in [5.41, 5.74) is -0.552. The largest absolute Gasteiger partial charge is 0.507 e. The molecule has 2 N–H and O–H groups in total. The number of hydrogen-bond donors (Lipinski definition) is 2. The van der Waals surface area contributed by atoms with Crippen molar-refractivity contribution < 1.29 is 19.4 Å². The Kier molecular flexibility index (Phi) is 4.35. The van der Waals surface area contributed by atoms with Crippen molar-refractivity contribution in [1.82, 2.24) is 10.3 Å². The van der Waals surface area contributed by atoms with Crippen molar-refractivity contribution in [3.8, 4) is 11.5 Å². The normalized spacial score (nSPS) is 21.5. The average Bonchev–Trinajstić information content (AvgIpc) is 2.70. The number of carbonyl (C=O) groups is 2. The Morgan fingerprint density at radius 2 is 2.14 bits per heavy atom. The smallest absolute Gasteiger partial charge is 0.346 e. The minimum absolute atomic E-state index is 0.0417. The van der Waals surface area contributed by atoms with Crippen molar-refractivity contribution in [2.24, 2.45) is 5.10 Å². The van der Waals surface area contributed by atoms with Gasteiger partial charge in [-0.1, -0.05) is 6.92 Å². The second-order valence-electron chi connectivity index (χ2n) is 5.13. The lowest BCUT2D eigenvalue weighted by molar-refractivity contribution is -0.130. The van der Waals surface area contributed by atoms with Gasteiger partial charge in [-0.2, -0.15) is 5.10 Å². The predicted molar refractivity (Wildman–Crippen MR) is 80.9 cm³/mol. The van der Waals surface area contributed by atoms with Gasteiger partial charge in [-0.05, 0) is 32.4 Å². The van der Waals surface area contributed by atoms with Crippen LogP contribution in [-0.2, 0) is 4.79 Å². The van der Waals surface area contributed by atoms with Crippen LogP contribution in [-0.4, -0.2) is 40.4 Å². The maximum atomic E-state index is 12.2. The van der Waals surface area contributed by atoms with Crippen molar-refractivity contribution in [3.63, 3.8) is 0 Å². The van der Waals surface area contributed by atoms with Gasteiger partial charge >= 0.3 is 6.03 Å². The number of nitrogens with zero attached hydrogens (tertiary/aromatic N) is 2. The number of hydrazone groups is 1. The Labute approximate surface area is 128 Å². The number of nitrogens with one attached hydrogen (secondary N) is 1. The van der Waals surface area contributed by atoms with Gasteiger partial charge in [0.15, 0.2) is 0 Å². The van der Waals surface area contributed by atoms with Crippen molar-refractivity contribution in [3.05, 3.63) is 23.8 Å². The zero-order chi connectivity index (χ0) is 16.3. The summed E-state index contributed by atoms with van der Waals surface area (Å²) < 4.78 is 5.26. The first kappa shape index (κ1) is 15.8. The molecule has 7 heteroatoms. The number of ether oxygens (including phenoxy) is 1. The SMILES string of the molecule is CCOc1ccc(/C=N/N2C(=O)N[C@@](C)(CC)C2=O)c(O)c1. The molecule has 1 aromatic rings. The Morgan fingerprint density at radius 1 is 1.41 bits per heavy atom. The minimum Gasteiger partial charge on any atom is -0.507 e. The zero-order valence-electron chi connectivity index (χ0n) is 12.8. The number of phenols is 1. The van der Waals surface area contributed by atoms with Gasteiger partial charge in [-0.25, -0.2) is 4.79 Å². The Bertz CT molecular complexity index is 629. The monoisotopic (exact) mass is 305 g/mol. The fourth-order valence-electron chi connectivity index (χ4n) is 2.02. The second kappa shape index (κ2) is 6.05. The number of rotatable bonds is 5. The molecule has 0 bridgehead atoms. The van der Waals surface area contributed by atoms with Gasteiger partial charge in [-0.15, -0.1) is 5.01 Å². The van der Waals surface area contributed by atoms with Crippen molar-refractivity contribution in [2.75, 3.05) is 6.61 Å². The van der Waals surface area contributed by atoms with Crippen LogP contribution >= 0.6 is 0 Å². The molecular weight excluding hydrogens is 286 g/mol. The number of phenolic OH excluding ortho intramolecular Hbond substituents is 1. The topological polar surface area (TPSA) is 91.2 Å². The van der Waals surface area contributed by atoms with E-state index < -0.39 is 17.5 Å². The number of aromatic hydroxyl groups is 1. The summed E-state index contributed by atoms with van der Waals surface area (Å²) >= 11 is 0. The third-order valence-electron chi connectivity index (χ3n) is 3.57. The van der Waals surface area contributed by atoms with E-state index in [-0.39, 0.29) is 5.75 Å². The highest BCUT2D eigenvalue weighted by atomic mass is 16.5. The van der Waals surface area contributed by atoms with Gasteiger partial charge in [0.2, 0.25) is 0 Å². The highest BCUT2D eigenvalue weighted by Crippen LogP contribution is 2.24. The van der Waals surface area contributed by atoms with Gasteiger partial charge in [0.1, 0.15) is 17.0 Å². The maximum absolute atomic E-state index is 12.2. The van der Waals surface area contributed by atoms with Crippen LogP contribution in [0.15, 0.2) is 23.3 Å². The first-order valence-corrected chi connectivity index (χ1v) is 7.07. The molecule has 22 heavy (non-hydrogen) atoms. The molecule has 7 nitrogen and oxygen atoms in total. The fourth-order valence-corrected chi connectivity index (χ4v) is 2.02. The van der Waals surface area contributed by atoms with E-state index in [0.717, 1.165) is 5.01 Å². The van der Waals surface area contributed by atoms with Gasteiger partial charge in [0, 0.05) is 11.6 Å². The van der Waals surface area contributed by atoms with Crippen LogP contribution in [0.2, 0.25) is 0 Å². The Hall–Kier alpha value is -2.57. The summed E-state index contributed by atoms with van der Waals surface area (Å²) in [6.07, 6.45) is 1.74. The fraction of sp³-hybridized carbons (Fsp3) is 0.400. The molecule has 1 aromatic carbocycles. The van der Waals surface area contributed by atoms with E-state index >= 15 is 0 Å². The molecule has 1 aliphatic heterocycles. The second-order valence-corrected chi connectivity index (χ2v) is 5.13. The molecule has 2 rings (SSSR count). The van der Waals surface area contributed by atoms with Crippen LogP contribution in [0.1, 0.15) is 32.8 Å². The summed E-state index contributed by atoms with van der Waals surface area (Å²) in [5.74, 6) is 0.0763. The first-order valence-electron chi connectivity index (χ1n) is 7.07. The lowest BCUT2D eigenvalue weighted by Crippen LogP contribution is -2.42.